The zero-order valence-electron chi connectivity index (χ0n) is 52.5. The monoisotopic (exact) mass is 1180 g/mol. The maximum atomic E-state index is 7.30. The normalized spacial score (nSPS) is 15.5. The lowest BCUT2D eigenvalue weighted by Crippen LogP contribution is -2.27. The van der Waals surface area contributed by atoms with Gasteiger partial charge in [0.2, 0.25) is 0 Å². The zero-order chi connectivity index (χ0) is 60.6. The van der Waals surface area contributed by atoms with Crippen molar-refractivity contribution >= 4 is 99.5 Å². The van der Waals surface area contributed by atoms with Gasteiger partial charge in [0.05, 0.1) is 16.8 Å². The molecule has 0 radical (unpaired) electrons. The van der Waals surface area contributed by atoms with Crippen molar-refractivity contribution in [1.29, 1.82) is 0 Å². The van der Waals surface area contributed by atoms with Gasteiger partial charge >= 0.3 is 0 Å². The molecule has 2 aromatic heterocycles. The Bertz CT molecular complexity index is 4900. The highest BCUT2D eigenvalue weighted by Crippen LogP contribution is 2.67. The Morgan fingerprint density at radius 3 is 1.12 bits per heavy atom. The molecule has 1 spiro atoms. The highest BCUT2D eigenvalue weighted by molar-refractivity contribution is 6.15. The number of fused-ring (bicyclic) bond motifs is 20. The fraction of sp³-hybridized carbons (Fsp3) is 0.218. The molecule has 0 amide bonds. The Labute approximate surface area is 533 Å². The molecule has 0 unspecified atom stereocenters. The highest BCUT2D eigenvalue weighted by atomic mass is 16.3. The first-order chi connectivity index (χ1) is 44.8. The van der Waals surface area contributed by atoms with E-state index in [4.69, 9.17) is 8.83 Å². The third kappa shape index (κ3) is 8.13. The third-order valence-corrected chi connectivity index (χ3v) is 21.7. The number of anilines is 6. The molecule has 0 atom stereocenters. The fourth-order valence-electron chi connectivity index (χ4n) is 17.7. The van der Waals surface area contributed by atoms with Crippen LogP contribution < -0.4 is 9.80 Å². The van der Waals surface area contributed by atoms with Gasteiger partial charge in [-0.1, -0.05) is 224 Å². The molecule has 12 aromatic carbocycles. The van der Waals surface area contributed by atoms with Crippen molar-refractivity contribution in [3.05, 3.63) is 275 Å². The second-order valence-electron chi connectivity index (χ2n) is 27.4. The molecule has 0 N–H and O–H groups in total. The highest BCUT2D eigenvalue weighted by Gasteiger charge is 2.54. The van der Waals surface area contributed by atoms with E-state index in [9.17, 15) is 0 Å². The SMILES string of the molecule is CC(C)c1cc2c(c3ccc(N(c4ccccc4)c4cccc5c4oc4c(C6CCCCC6)cccc45)cc13)C1(c3ccccc3-c3ccccc31)c1c-2cc(C(C)C)c2cc(N(c3ccccc3)c3cccc4c3oc3c(C5CCCCC5)cccc34)ccc12. The lowest BCUT2D eigenvalue weighted by atomic mass is 9.67. The van der Waals surface area contributed by atoms with Gasteiger partial charge in [-0.15, -0.1) is 0 Å². The van der Waals surface area contributed by atoms with E-state index in [0.29, 0.717) is 11.8 Å². The van der Waals surface area contributed by atoms with Gasteiger partial charge in [0.1, 0.15) is 11.2 Å². The van der Waals surface area contributed by atoms with Gasteiger partial charge < -0.3 is 18.6 Å². The molecule has 0 bridgehead atoms. The van der Waals surface area contributed by atoms with Crippen LogP contribution >= 0.6 is 0 Å². The van der Waals surface area contributed by atoms with Crippen LogP contribution in [0.4, 0.5) is 34.1 Å². The molecular weight excluding hydrogens is 1100 g/mol. The van der Waals surface area contributed by atoms with E-state index in [1.54, 1.807) is 0 Å². The zero-order valence-corrected chi connectivity index (χ0v) is 52.5. The average Bonchev–Trinajstić information content (AvgIpc) is 1.49. The van der Waals surface area contributed by atoms with Gasteiger partial charge in [-0.05, 0) is 210 Å². The summed E-state index contributed by atoms with van der Waals surface area (Å²) in [5.41, 5.74) is 25.8. The Hall–Kier alpha value is -9.64. The summed E-state index contributed by atoms with van der Waals surface area (Å²) in [5.74, 6) is 1.48. The van der Waals surface area contributed by atoms with E-state index >= 15 is 0 Å². The van der Waals surface area contributed by atoms with E-state index < -0.39 is 5.41 Å². The van der Waals surface area contributed by atoms with Crippen molar-refractivity contribution in [3.8, 4) is 22.3 Å². The van der Waals surface area contributed by atoms with Crippen LogP contribution in [0.2, 0.25) is 0 Å². The Morgan fingerprint density at radius 2 is 0.703 bits per heavy atom. The summed E-state index contributed by atoms with van der Waals surface area (Å²) in [4.78, 5) is 4.91. The first kappa shape index (κ1) is 54.3. The van der Waals surface area contributed by atoms with E-state index in [-0.39, 0.29) is 11.8 Å². The summed E-state index contributed by atoms with van der Waals surface area (Å²) in [7, 11) is 0. The maximum Gasteiger partial charge on any atom is 0.159 e. The quantitative estimate of drug-likeness (QED) is 0.137. The summed E-state index contributed by atoms with van der Waals surface area (Å²) in [6.45, 7) is 9.54. The molecule has 18 rings (SSSR count). The molecule has 2 heterocycles. The van der Waals surface area contributed by atoms with Gasteiger partial charge in [-0.2, -0.15) is 0 Å². The lowest BCUT2D eigenvalue weighted by Gasteiger charge is -2.34. The average molecular weight is 1180 g/mol. The molecule has 4 aliphatic carbocycles. The minimum absolute atomic E-state index is 0.222. The first-order valence-corrected chi connectivity index (χ1v) is 33.8. The summed E-state index contributed by atoms with van der Waals surface area (Å²) in [6.07, 6.45) is 12.6. The second kappa shape index (κ2) is 21.2. The lowest BCUT2D eigenvalue weighted by molar-refractivity contribution is 0.442. The van der Waals surface area contributed by atoms with E-state index in [0.717, 1.165) is 67.2 Å². The van der Waals surface area contributed by atoms with Crippen LogP contribution in [0.25, 0.3) is 87.7 Å². The van der Waals surface area contributed by atoms with Crippen LogP contribution in [-0.4, -0.2) is 0 Å². The molecule has 91 heavy (non-hydrogen) atoms. The van der Waals surface area contributed by atoms with Crippen LogP contribution in [0.5, 0.6) is 0 Å². The second-order valence-corrected chi connectivity index (χ2v) is 27.4. The smallest absolute Gasteiger partial charge is 0.159 e. The van der Waals surface area contributed by atoms with Gasteiger partial charge in [-0.25, -0.2) is 0 Å². The van der Waals surface area contributed by atoms with E-state index in [2.05, 4.69) is 268 Å². The van der Waals surface area contributed by atoms with Gasteiger partial charge in [0.15, 0.2) is 11.2 Å². The number of hydrogen-bond donors (Lipinski definition) is 0. The summed E-state index contributed by atoms with van der Waals surface area (Å²) < 4.78 is 14.6. The standard InChI is InChI=1S/C87H74N2O2/c1-53(2)71-51-75-76-52-72(54(3)4)74-50-60(89(58-31-15-8-16-32-58)80-44-24-40-70-68-38-22-36-62(84(68)91-86(70)80)56-27-11-6-12-28-56)46-48-66(74)82(76)87(77-41-19-17-33-63(77)64-34-18-20-42-78(64)87)81(75)65-47-45-59(49-73(65)71)88(57-29-13-7-14-30-57)79-43-23-39-69-67-37-21-35-61(83(67)90-85(69)79)55-25-9-5-10-26-55/h7-8,13-24,29-56H,5-6,9-12,25-28H2,1-4H3. The number of benzene rings is 12. The topological polar surface area (TPSA) is 32.8 Å². The van der Waals surface area contributed by atoms with Crippen LogP contribution in [0.15, 0.2) is 239 Å². The predicted molar refractivity (Wildman–Crippen MR) is 382 cm³/mol. The Kier molecular flexibility index (Phi) is 12.7. The Morgan fingerprint density at radius 1 is 0.319 bits per heavy atom. The molecule has 2 fully saturated rings. The van der Waals surface area contributed by atoms with Crippen LogP contribution in [0.1, 0.15) is 160 Å². The maximum absolute atomic E-state index is 7.30. The van der Waals surface area contributed by atoms with E-state index in [1.807, 2.05) is 0 Å². The van der Waals surface area contributed by atoms with Gasteiger partial charge in [0, 0.05) is 44.3 Å². The Balaban J connectivity index is 0.872. The summed E-state index contributed by atoms with van der Waals surface area (Å²) >= 11 is 0. The molecular formula is C87H74N2O2. The van der Waals surface area contributed by atoms with Crippen molar-refractivity contribution in [3.63, 3.8) is 0 Å². The predicted octanol–water partition coefficient (Wildman–Crippen LogP) is 25.4. The van der Waals surface area contributed by atoms with Crippen LogP contribution in [-0.2, 0) is 5.41 Å². The molecule has 0 aliphatic heterocycles. The number of nitrogens with zero attached hydrogens (tertiary/aromatic N) is 2. The first-order valence-electron chi connectivity index (χ1n) is 33.8. The number of rotatable bonds is 10. The van der Waals surface area contributed by atoms with Gasteiger partial charge in [-0.3, -0.25) is 0 Å². The van der Waals surface area contributed by atoms with Crippen molar-refractivity contribution in [2.45, 2.75) is 121 Å². The largest absolute Gasteiger partial charge is 0.454 e. The number of para-hydroxylation sites is 6. The molecule has 2 saturated carbocycles. The van der Waals surface area contributed by atoms with Crippen molar-refractivity contribution in [2.24, 2.45) is 0 Å². The number of hydrogen-bond acceptors (Lipinski definition) is 4. The minimum Gasteiger partial charge on any atom is -0.454 e. The van der Waals surface area contributed by atoms with Crippen molar-refractivity contribution in [1.82, 2.24) is 0 Å². The van der Waals surface area contributed by atoms with Gasteiger partial charge in [0.25, 0.3) is 0 Å². The molecule has 4 nitrogen and oxygen atoms in total. The molecule has 0 saturated heterocycles. The number of furan rings is 2. The van der Waals surface area contributed by atoms with E-state index in [1.165, 1.54) is 163 Å². The molecule has 444 valence electrons. The van der Waals surface area contributed by atoms with Crippen LogP contribution in [0, 0.1) is 0 Å². The summed E-state index contributed by atoms with van der Waals surface area (Å²) in [6, 6.07) is 87.8. The van der Waals surface area contributed by atoms with Crippen molar-refractivity contribution < 1.29 is 8.83 Å². The van der Waals surface area contributed by atoms with Crippen molar-refractivity contribution in [2.75, 3.05) is 9.80 Å². The molecule has 14 aromatic rings. The fourth-order valence-corrected chi connectivity index (χ4v) is 17.7. The third-order valence-electron chi connectivity index (χ3n) is 21.7. The molecule has 4 aliphatic rings. The molecule has 4 heteroatoms. The van der Waals surface area contributed by atoms with Crippen LogP contribution in [0.3, 0.4) is 0 Å². The minimum atomic E-state index is -0.646. The summed E-state index contributed by atoms with van der Waals surface area (Å²) in [5, 5.41) is 9.85.